The fourth-order valence-electron chi connectivity index (χ4n) is 5.47. The molecule has 6 rings (SSSR count). The molecule has 1 fully saturated rings. The number of esters is 1. The number of ether oxygens (including phenoxy) is 1. The van der Waals surface area contributed by atoms with E-state index in [1.165, 1.54) is 12.1 Å². The van der Waals surface area contributed by atoms with Crippen LogP contribution in [0.4, 0.5) is 55.0 Å². The molecule has 0 atom stereocenters. The van der Waals surface area contributed by atoms with Crippen LogP contribution in [0.5, 0.6) is 0 Å². The number of alkyl halides is 6. The van der Waals surface area contributed by atoms with Crippen LogP contribution in [0.15, 0.2) is 71.8 Å². The van der Waals surface area contributed by atoms with Crippen LogP contribution in [-0.4, -0.2) is 69.6 Å². The Morgan fingerprint density at radius 1 is 0.854 bits per heavy atom. The van der Waals surface area contributed by atoms with Crippen molar-refractivity contribution >= 4 is 44.7 Å². The molecule has 2 aliphatic heterocycles. The minimum atomic E-state index is -5.25. The Bertz CT molecular complexity index is 1960. The molecular formula is C31H26F6N6O4S. The van der Waals surface area contributed by atoms with Crippen molar-refractivity contribution in [2.75, 3.05) is 54.9 Å². The highest BCUT2D eigenvalue weighted by Crippen LogP contribution is 2.48. The second-order valence-corrected chi connectivity index (χ2v) is 12.9. The molecule has 10 nitrogen and oxygen atoms in total. The zero-order valence-corrected chi connectivity index (χ0v) is 26.0. The third kappa shape index (κ3) is 6.22. The van der Waals surface area contributed by atoms with E-state index in [0.717, 1.165) is 51.2 Å². The molecule has 0 aliphatic carbocycles. The first-order valence-electron chi connectivity index (χ1n) is 14.3. The van der Waals surface area contributed by atoms with Crippen LogP contribution in [0.2, 0.25) is 0 Å². The molecule has 0 bridgehead atoms. The van der Waals surface area contributed by atoms with Crippen molar-refractivity contribution in [3.05, 3.63) is 83.6 Å². The van der Waals surface area contributed by atoms with E-state index in [1.54, 1.807) is 12.1 Å². The van der Waals surface area contributed by atoms with Gasteiger partial charge in [-0.15, -0.1) is 0 Å². The van der Waals surface area contributed by atoms with Gasteiger partial charge in [-0.3, -0.25) is 0 Å². The number of hydrogen-bond donors (Lipinski definition) is 1. The molecule has 2 aliphatic rings. The SMILES string of the molecule is COC(=O)c1ccc2c(c1)N(c1cc(C(F)(F)F)cc(C(F)(F)F)c1)S(=O)(=O)c1cnc(Nc3ccc(N4CCN(C)CC4)cc3)nc1-2. The molecule has 48 heavy (non-hydrogen) atoms. The van der Waals surface area contributed by atoms with Crippen LogP contribution in [-0.2, 0) is 27.1 Å². The number of sulfonamides is 1. The third-order valence-electron chi connectivity index (χ3n) is 7.97. The summed E-state index contributed by atoms with van der Waals surface area (Å²) >= 11 is 0. The first-order valence-corrected chi connectivity index (χ1v) is 15.8. The van der Waals surface area contributed by atoms with Gasteiger partial charge in [0.2, 0.25) is 5.95 Å². The predicted molar refractivity (Wildman–Crippen MR) is 164 cm³/mol. The van der Waals surface area contributed by atoms with E-state index in [2.05, 4.69) is 32.1 Å². The van der Waals surface area contributed by atoms with Gasteiger partial charge >= 0.3 is 18.3 Å². The number of aromatic nitrogens is 2. The summed E-state index contributed by atoms with van der Waals surface area (Å²) in [5.74, 6) is -0.961. The Morgan fingerprint density at radius 2 is 1.48 bits per heavy atom. The van der Waals surface area contributed by atoms with E-state index in [9.17, 15) is 39.6 Å². The summed E-state index contributed by atoms with van der Waals surface area (Å²) in [7, 11) is -1.84. The lowest BCUT2D eigenvalue weighted by Gasteiger charge is -2.34. The highest BCUT2D eigenvalue weighted by Gasteiger charge is 2.42. The fraction of sp³-hybridized carbons (Fsp3) is 0.258. The van der Waals surface area contributed by atoms with Gasteiger partial charge < -0.3 is 19.9 Å². The van der Waals surface area contributed by atoms with Gasteiger partial charge in [-0.1, -0.05) is 0 Å². The number of halogens is 6. The van der Waals surface area contributed by atoms with Crippen LogP contribution in [0.1, 0.15) is 21.5 Å². The number of piperazine rings is 1. The zero-order chi connectivity index (χ0) is 34.6. The average Bonchev–Trinajstić information content (AvgIpc) is 3.04. The molecule has 1 N–H and O–H groups in total. The largest absolute Gasteiger partial charge is 0.465 e. The van der Waals surface area contributed by atoms with Crippen molar-refractivity contribution in [1.29, 1.82) is 0 Å². The topological polar surface area (TPSA) is 108 Å². The van der Waals surface area contributed by atoms with Gasteiger partial charge in [-0.25, -0.2) is 27.5 Å². The molecule has 252 valence electrons. The number of likely N-dealkylation sites (N-methyl/N-ethyl adjacent to an activating group) is 1. The minimum Gasteiger partial charge on any atom is -0.465 e. The van der Waals surface area contributed by atoms with E-state index < -0.39 is 55.7 Å². The highest BCUT2D eigenvalue weighted by atomic mass is 32.2. The molecule has 1 saturated heterocycles. The molecule has 17 heteroatoms. The standard InChI is InChI=1S/C31H26F6N6O4S/c1-41-9-11-42(12-10-41)22-6-4-21(5-7-22)39-29-38-17-26-27(40-29)24-8-3-18(28(44)47-2)13-25(24)43(48(26,45)46)23-15-19(30(32,33)34)14-20(16-23)31(35,36)37/h3-8,13-17H,9-12H2,1-2H3,(H,38,39,40). The Balaban J connectivity index is 1.44. The van der Waals surface area contributed by atoms with E-state index in [0.29, 0.717) is 9.99 Å². The number of carbonyl (C=O) groups excluding carboxylic acids is 1. The quantitative estimate of drug-likeness (QED) is 0.190. The number of benzene rings is 3. The van der Waals surface area contributed by atoms with Crippen LogP contribution >= 0.6 is 0 Å². The number of anilines is 5. The summed E-state index contributed by atoms with van der Waals surface area (Å²) in [5.41, 5.74) is -3.67. The zero-order valence-electron chi connectivity index (χ0n) is 25.2. The molecule has 0 spiro atoms. The van der Waals surface area contributed by atoms with Gasteiger partial charge in [0, 0.05) is 43.1 Å². The smallest absolute Gasteiger partial charge is 0.416 e. The lowest BCUT2D eigenvalue weighted by molar-refractivity contribution is -0.143. The van der Waals surface area contributed by atoms with Crippen molar-refractivity contribution in [1.82, 2.24) is 14.9 Å². The van der Waals surface area contributed by atoms with Crippen molar-refractivity contribution in [3.8, 4) is 11.3 Å². The first kappa shape index (κ1) is 33.0. The number of hydrogen-bond acceptors (Lipinski definition) is 9. The van der Waals surface area contributed by atoms with E-state index in [1.807, 2.05) is 12.1 Å². The van der Waals surface area contributed by atoms with E-state index in [4.69, 9.17) is 4.74 Å². The summed E-state index contributed by atoms with van der Waals surface area (Å²) in [6.45, 7) is 3.56. The maximum Gasteiger partial charge on any atom is 0.416 e. The van der Waals surface area contributed by atoms with E-state index >= 15 is 0 Å². The summed E-state index contributed by atoms with van der Waals surface area (Å²) < 4.78 is 116. The maximum atomic E-state index is 14.1. The molecular weight excluding hydrogens is 666 g/mol. The second kappa shape index (κ2) is 12.0. The van der Waals surface area contributed by atoms with Crippen molar-refractivity contribution in [2.24, 2.45) is 0 Å². The van der Waals surface area contributed by atoms with Crippen molar-refractivity contribution < 1.29 is 44.3 Å². The van der Waals surface area contributed by atoms with Gasteiger partial charge in [-0.05, 0) is 67.7 Å². The molecule has 0 unspecified atom stereocenters. The number of carbonyl (C=O) groups is 1. The van der Waals surface area contributed by atoms with Crippen LogP contribution in [0.25, 0.3) is 11.3 Å². The number of nitrogens with zero attached hydrogens (tertiary/aromatic N) is 5. The van der Waals surface area contributed by atoms with Crippen molar-refractivity contribution in [2.45, 2.75) is 17.2 Å². The lowest BCUT2D eigenvalue weighted by Crippen LogP contribution is -2.44. The van der Waals surface area contributed by atoms with Gasteiger partial charge in [0.15, 0.2) is 0 Å². The van der Waals surface area contributed by atoms with Crippen LogP contribution in [0.3, 0.4) is 0 Å². The van der Waals surface area contributed by atoms with Crippen LogP contribution in [0, 0.1) is 0 Å². The second-order valence-electron chi connectivity index (χ2n) is 11.1. The molecule has 0 radical (unpaired) electrons. The van der Waals surface area contributed by atoms with Crippen LogP contribution < -0.4 is 14.5 Å². The van der Waals surface area contributed by atoms with Gasteiger partial charge in [0.25, 0.3) is 10.0 Å². The summed E-state index contributed by atoms with van der Waals surface area (Å²) in [4.78, 5) is 24.8. The molecule has 3 heterocycles. The Hall–Kier alpha value is -4.90. The third-order valence-corrected chi connectivity index (χ3v) is 9.71. The summed E-state index contributed by atoms with van der Waals surface area (Å²) in [6, 6.07) is 11.4. The number of nitrogens with one attached hydrogen (secondary N) is 1. The molecule has 0 amide bonds. The Labute approximate surface area is 270 Å². The monoisotopic (exact) mass is 692 g/mol. The summed E-state index contributed by atoms with van der Waals surface area (Å²) in [6.07, 6.45) is -9.59. The van der Waals surface area contributed by atoms with Crippen molar-refractivity contribution in [3.63, 3.8) is 0 Å². The predicted octanol–water partition coefficient (Wildman–Crippen LogP) is 6.30. The highest BCUT2D eigenvalue weighted by molar-refractivity contribution is 7.93. The Morgan fingerprint density at radius 3 is 2.06 bits per heavy atom. The maximum absolute atomic E-state index is 14.1. The summed E-state index contributed by atoms with van der Waals surface area (Å²) in [5, 5.41) is 3.00. The molecule has 4 aromatic rings. The van der Waals surface area contributed by atoms with Gasteiger partial charge in [0.1, 0.15) is 4.90 Å². The molecule has 3 aromatic carbocycles. The first-order chi connectivity index (χ1) is 22.6. The molecule has 1 aromatic heterocycles. The number of rotatable bonds is 5. The lowest BCUT2D eigenvalue weighted by atomic mass is 10.0. The normalized spacial score (nSPS) is 16.2. The minimum absolute atomic E-state index is 0.00527. The molecule has 0 saturated carbocycles. The van der Waals surface area contributed by atoms with Gasteiger partial charge in [0.05, 0.1) is 47.1 Å². The fourth-order valence-corrected chi connectivity index (χ4v) is 7.04. The van der Waals surface area contributed by atoms with Gasteiger partial charge in [-0.2, -0.15) is 26.3 Å². The Kier molecular flexibility index (Phi) is 8.23. The number of fused-ring (bicyclic) bond motifs is 3. The van der Waals surface area contributed by atoms with E-state index in [-0.39, 0.29) is 41.0 Å². The number of methoxy groups -OCH3 is 1. The average molecular weight is 693 g/mol.